The van der Waals surface area contributed by atoms with Crippen molar-refractivity contribution in [3.05, 3.63) is 28.3 Å². The Labute approximate surface area is 110 Å². The molecule has 0 bridgehead atoms. The van der Waals surface area contributed by atoms with Gasteiger partial charge in [-0.05, 0) is 19.0 Å². The minimum atomic E-state index is -0.435. The highest BCUT2D eigenvalue weighted by Crippen LogP contribution is 2.21. The van der Waals surface area contributed by atoms with Gasteiger partial charge in [0.15, 0.2) is 0 Å². The molecule has 0 radical (unpaired) electrons. The zero-order valence-corrected chi connectivity index (χ0v) is 10.7. The Kier molecular flexibility index (Phi) is 4.30. The van der Waals surface area contributed by atoms with Crippen molar-refractivity contribution >= 4 is 16.7 Å². The van der Waals surface area contributed by atoms with Gasteiger partial charge in [-0.3, -0.25) is 10.1 Å². The first-order valence-electron chi connectivity index (χ1n) is 6.18. The third-order valence-corrected chi connectivity index (χ3v) is 2.60. The third kappa shape index (κ3) is 3.41. The molecule has 1 aromatic heterocycles. The molecule has 0 amide bonds. The number of nitrogens with zero attached hydrogens (tertiary/aromatic N) is 2. The number of aromatic amines is 1. The fourth-order valence-electron chi connectivity index (χ4n) is 1.68. The van der Waals surface area contributed by atoms with E-state index in [4.69, 9.17) is 4.74 Å². The van der Waals surface area contributed by atoms with Crippen LogP contribution in [0.15, 0.2) is 18.2 Å². The number of ether oxygens (including phenoxy) is 1. The van der Waals surface area contributed by atoms with E-state index < -0.39 is 4.92 Å². The first-order valence-corrected chi connectivity index (χ1v) is 6.18. The van der Waals surface area contributed by atoms with Crippen molar-refractivity contribution in [1.82, 2.24) is 15.3 Å². The second-order valence-corrected chi connectivity index (χ2v) is 4.10. The smallest absolute Gasteiger partial charge is 0.294 e. The lowest BCUT2D eigenvalue weighted by Crippen LogP contribution is -2.21. The van der Waals surface area contributed by atoms with E-state index in [-0.39, 0.29) is 5.69 Å². The SMILES string of the molecule is CCCNCCOc1nc2ccc([N+](=O)[O-])cc2[nH]1. The number of rotatable bonds is 7. The number of fused-ring (bicyclic) bond motifs is 1. The predicted octanol–water partition coefficient (Wildman–Crippen LogP) is 1.85. The molecule has 0 aliphatic heterocycles. The van der Waals surface area contributed by atoms with E-state index in [9.17, 15) is 10.1 Å². The molecule has 7 nitrogen and oxygen atoms in total. The van der Waals surface area contributed by atoms with E-state index >= 15 is 0 Å². The minimum absolute atomic E-state index is 0.0345. The molecule has 0 atom stereocenters. The number of H-pyrrole nitrogens is 1. The standard InChI is InChI=1S/C12H16N4O3/c1-2-5-13-6-7-19-12-14-10-4-3-9(16(17)18)8-11(10)15-12/h3-4,8,13H,2,5-7H2,1H3,(H,14,15). The number of benzene rings is 1. The number of hydrogen-bond acceptors (Lipinski definition) is 5. The van der Waals surface area contributed by atoms with Crippen molar-refractivity contribution in [1.29, 1.82) is 0 Å². The predicted molar refractivity (Wildman–Crippen MR) is 71.4 cm³/mol. The van der Waals surface area contributed by atoms with E-state index in [1.165, 1.54) is 12.1 Å². The second-order valence-electron chi connectivity index (χ2n) is 4.10. The lowest BCUT2D eigenvalue weighted by molar-refractivity contribution is -0.384. The number of nitro groups is 1. The summed E-state index contributed by atoms with van der Waals surface area (Å²) in [5.74, 6) is 0. The van der Waals surface area contributed by atoms with Gasteiger partial charge in [-0.15, -0.1) is 0 Å². The molecule has 0 fully saturated rings. The first-order chi connectivity index (χ1) is 9.20. The highest BCUT2D eigenvalue weighted by Gasteiger charge is 2.09. The van der Waals surface area contributed by atoms with E-state index in [1.54, 1.807) is 6.07 Å². The normalized spacial score (nSPS) is 10.8. The van der Waals surface area contributed by atoms with E-state index in [1.807, 2.05) is 0 Å². The van der Waals surface area contributed by atoms with Gasteiger partial charge in [0.25, 0.3) is 11.7 Å². The summed E-state index contributed by atoms with van der Waals surface area (Å²) in [6, 6.07) is 4.86. The number of nitrogens with one attached hydrogen (secondary N) is 2. The van der Waals surface area contributed by atoms with Crippen LogP contribution in [0, 0.1) is 10.1 Å². The van der Waals surface area contributed by atoms with Crippen LogP contribution in [0.1, 0.15) is 13.3 Å². The molecular formula is C12H16N4O3. The van der Waals surface area contributed by atoms with Gasteiger partial charge >= 0.3 is 0 Å². The van der Waals surface area contributed by atoms with Gasteiger partial charge in [0.1, 0.15) is 6.61 Å². The van der Waals surface area contributed by atoms with Crippen molar-refractivity contribution in [2.45, 2.75) is 13.3 Å². The lowest BCUT2D eigenvalue weighted by atomic mass is 10.3. The molecule has 2 rings (SSSR count). The topological polar surface area (TPSA) is 93.1 Å². The Bertz CT molecular complexity index is 567. The molecule has 7 heteroatoms. The number of nitro benzene ring substituents is 1. The third-order valence-electron chi connectivity index (χ3n) is 2.60. The molecule has 1 aromatic carbocycles. The highest BCUT2D eigenvalue weighted by atomic mass is 16.6. The Morgan fingerprint density at radius 2 is 2.32 bits per heavy atom. The monoisotopic (exact) mass is 264 g/mol. The van der Waals surface area contributed by atoms with Crippen LogP contribution in [0.25, 0.3) is 11.0 Å². The number of aromatic nitrogens is 2. The Balaban J connectivity index is 1.99. The summed E-state index contributed by atoms with van der Waals surface area (Å²) in [5, 5.41) is 13.9. The van der Waals surface area contributed by atoms with Crippen LogP contribution in [0.2, 0.25) is 0 Å². The van der Waals surface area contributed by atoms with Crippen molar-refractivity contribution in [3.63, 3.8) is 0 Å². The van der Waals surface area contributed by atoms with Gasteiger partial charge < -0.3 is 15.0 Å². The Morgan fingerprint density at radius 1 is 1.47 bits per heavy atom. The maximum absolute atomic E-state index is 10.7. The average Bonchev–Trinajstić information content (AvgIpc) is 2.80. The van der Waals surface area contributed by atoms with Gasteiger partial charge in [-0.2, -0.15) is 4.98 Å². The zero-order valence-electron chi connectivity index (χ0n) is 10.7. The van der Waals surface area contributed by atoms with Gasteiger partial charge in [-0.1, -0.05) is 6.92 Å². The van der Waals surface area contributed by atoms with Crippen molar-refractivity contribution in [2.75, 3.05) is 19.7 Å². The summed E-state index contributed by atoms with van der Waals surface area (Å²) in [5.41, 5.74) is 1.29. The second kappa shape index (κ2) is 6.14. The van der Waals surface area contributed by atoms with Crippen molar-refractivity contribution in [3.8, 4) is 6.01 Å². The van der Waals surface area contributed by atoms with Crippen LogP contribution >= 0.6 is 0 Å². The van der Waals surface area contributed by atoms with Crippen LogP contribution in [0.4, 0.5) is 5.69 Å². The minimum Gasteiger partial charge on any atom is -0.463 e. The van der Waals surface area contributed by atoms with Gasteiger partial charge in [0, 0.05) is 18.7 Å². The summed E-state index contributed by atoms with van der Waals surface area (Å²) >= 11 is 0. The summed E-state index contributed by atoms with van der Waals surface area (Å²) in [7, 11) is 0. The molecular weight excluding hydrogens is 248 g/mol. The Morgan fingerprint density at radius 3 is 3.05 bits per heavy atom. The van der Waals surface area contributed by atoms with Crippen molar-refractivity contribution < 1.29 is 9.66 Å². The van der Waals surface area contributed by atoms with Crippen LogP contribution in [0.5, 0.6) is 6.01 Å². The molecule has 0 saturated heterocycles. The molecule has 0 unspecified atom stereocenters. The average molecular weight is 264 g/mol. The molecule has 2 N–H and O–H groups in total. The maximum atomic E-state index is 10.7. The van der Waals surface area contributed by atoms with E-state index in [0.29, 0.717) is 23.7 Å². The fourth-order valence-corrected chi connectivity index (χ4v) is 1.68. The molecule has 0 saturated carbocycles. The quantitative estimate of drug-likeness (QED) is 0.452. The largest absolute Gasteiger partial charge is 0.463 e. The van der Waals surface area contributed by atoms with Crippen LogP contribution in [-0.4, -0.2) is 34.6 Å². The molecule has 1 heterocycles. The van der Waals surface area contributed by atoms with E-state index in [0.717, 1.165) is 19.5 Å². The fraction of sp³-hybridized carbons (Fsp3) is 0.417. The molecule has 2 aromatic rings. The Hall–Kier alpha value is -2.15. The summed E-state index contributed by atoms with van der Waals surface area (Å²) in [6.45, 7) is 4.29. The van der Waals surface area contributed by atoms with Gasteiger partial charge in [0.2, 0.25) is 0 Å². The molecule has 19 heavy (non-hydrogen) atoms. The van der Waals surface area contributed by atoms with E-state index in [2.05, 4.69) is 22.2 Å². The first kappa shape index (κ1) is 13.3. The van der Waals surface area contributed by atoms with Crippen LogP contribution < -0.4 is 10.1 Å². The molecule has 0 spiro atoms. The number of non-ortho nitro benzene ring substituents is 1. The van der Waals surface area contributed by atoms with Crippen LogP contribution in [-0.2, 0) is 0 Å². The van der Waals surface area contributed by atoms with Crippen LogP contribution in [0.3, 0.4) is 0 Å². The van der Waals surface area contributed by atoms with Crippen molar-refractivity contribution in [2.24, 2.45) is 0 Å². The zero-order chi connectivity index (χ0) is 13.7. The molecule has 0 aliphatic rings. The maximum Gasteiger partial charge on any atom is 0.294 e. The van der Waals surface area contributed by atoms with Gasteiger partial charge in [-0.25, -0.2) is 0 Å². The van der Waals surface area contributed by atoms with Gasteiger partial charge in [0.05, 0.1) is 16.0 Å². The summed E-state index contributed by atoms with van der Waals surface area (Å²) in [6.07, 6.45) is 1.08. The number of hydrogen-bond donors (Lipinski definition) is 2. The summed E-state index contributed by atoms with van der Waals surface area (Å²) in [4.78, 5) is 17.3. The lowest BCUT2D eigenvalue weighted by Gasteiger charge is -2.03. The molecule has 102 valence electrons. The summed E-state index contributed by atoms with van der Waals surface area (Å²) < 4.78 is 5.44. The number of imidazole rings is 1. The highest BCUT2D eigenvalue weighted by molar-refractivity contribution is 5.78. The molecule has 0 aliphatic carbocycles.